The van der Waals surface area contributed by atoms with Crippen molar-refractivity contribution in [3.05, 3.63) is 76.2 Å². The van der Waals surface area contributed by atoms with E-state index in [9.17, 15) is 14.4 Å². The Hall–Kier alpha value is -4.05. The van der Waals surface area contributed by atoms with Gasteiger partial charge in [-0.15, -0.1) is 11.3 Å². The van der Waals surface area contributed by atoms with Gasteiger partial charge in [-0.3, -0.25) is 14.6 Å². The number of esters is 1. The van der Waals surface area contributed by atoms with Gasteiger partial charge in [0, 0.05) is 17.5 Å². The lowest BCUT2D eigenvalue weighted by Gasteiger charge is -2.20. The molecule has 9 nitrogen and oxygen atoms in total. The molecule has 2 amide bonds. The van der Waals surface area contributed by atoms with Crippen LogP contribution in [0.25, 0.3) is 0 Å². The Bertz CT molecular complexity index is 1240. The number of nitrogens with zero attached hydrogens (tertiary/aromatic N) is 3. The number of hydrogen-bond donors (Lipinski definition) is 2. The third kappa shape index (κ3) is 5.46. The Morgan fingerprint density at radius 1 is 1.15 bits per heavy atom. The highest BCUT2D eigenvalue weighted by Gasteiger charge is 2.35. The predicted octanol–water partition coefficient (Wildman–Crippen LogP) is 2.80. The van der Waals surface area contributed by atoms with Crippen molar-refractivity contribution in [1.82, 2.24) is 4.98 Å². The lowest BCUT2D eigenvalue weighted by atomic mass is 10.1. The van der Waals surface area contributed by atoms with Crippen molar-refractivity contribution in [3.63, 3.8) is 0 Å². The van der Waals surface area contributed by atoms with E-state index in [2.05, 4.69) is 15.4 Å². The first-order chi connectivity index (χ1) is 16.4. The highest BCUT2D eigenvalue weighted by Crippen LogP contribution is 2.25. The predicted molar refractivity (Wildman–Crippen MR) is 129 cm³/mol. The molecule has 0 radical (unpaired) electrons. The van der Waals surface area contributed by atoms with Crippen molar-refractivity contribution in [2.75, 3.05) is 10.3 Å². The molecule has 3 N–H and O–H groups in total. The number of benzene rings is 2. The van der Waals surface area contributed by atoms with Gasteiger partial charge < -0.3 is 15.8 Å². The van der Waals surface area contributed by atoms with Gasteiger partial charge in [0.25, 0.3) is 0 Å². The van der Waals surface area contributed by atoms with Crippen molar-refractivity contribution < 1.29 is 19.1 Å². The lowest BCUT2D eigenvalue weighted by Crippen LogP contribution is -2.39. The number of nitrogens with one attached hydrogen (secondary N) is 1. The van der Waals surface area contributed by atoms with Gasteiger partial charge in [-0.1, -0.05) is 36.4 Å². The molecule has 1 aliphatic heterocycles. The van der Waals surface area contributed by atoms with Crippen molar-refractivity contribution in [1.29, 1.82) is 0 Å². The van der Waals surface area contributed by atoms with Crippen LogP contribution in [0.5, 0.6) is 0 Å². The fourth-order valence-electron chi connectivity index (χ4n) is 3.44. The summed E-state index contributed by atoms with van der Waals surface area (Å²) in [5.74, 6) is -1.40. The largest absolute Gasteiger partial charge is 0.455 e. The minimum atomic E-state index is -0.761. The van der Waals surface area contributed by atoms with Gasteiger partial charge >= 0.3 is 5.97 Å². The number of nitrogens with two attached hydrogens (primary N) is 1. The number of carbonyl (C=O) groups excluding carboxylic acids is 3. The molecule has 0 fully saturated rings. The quantitative estimate of drug-likeness (QED) is 0.481. The van der Waals surface area contributed by atoms with Crippen molar-refractivity contribution in [3.8, 4) is 0 Å². The summed E-state index contributed by atoms with van der Waals surface area (Å²) in [5.41, 5.74) is 8.53. The number of anilines is 2. The fourth-order valence-corrected chi connectivity index (χ4v) is 4.22. The molecule has 34 heavy (non-hydrogen) atoms. The molecule has 0 spiro atoms. The second-order valence-corrected chi connectivity index (χ2v) is 8.64. The number of aromatic nitrogens is 1. The van der Waals surface area contributed by atoms with E-state index in [-0.39, 0.29) is 31.1 Å². The van der Waals surface area contributed by atoms with E-state index in [0.717, 1.165) is 11.3 Å². The van der Waals surface area contributed by atoms with Gasteiger partial charge in [0.1, 0.15) is 23.4 Å². The Morgan fingerprint density at radius 2 is 1.88 bits per heavy atom. The molecule has 0 saturated heterocycles. The maximum Gasteiger partial charge on any atom is 0.354 e. The zero-order valence-electron chi connectivity index (χ0n) is 18.4. The van der Waals surface area contributed by atoms with Crippen LogP contribution in [-0.4, -0.2) is 34.5 Å². The van der Waals surface area contributed by atoms with Crippen LogP contribution in [-0.2, 0) is 32.1 Å². The fraction of sp³-hybridized carbons (Fsp3) is 0.208. The number of amides is 2. The molecular weight excluding hydrogens is 454 g/mol. The summed E-state index contributed by atoms with van der Waals surface area (Å²) in [5, 5.41) is 10.9. The third-order valence-corrected chi connectivity index (χ3v) is 6.07. The molecule has 1 unspecified atom stereocenters. The molecule has 0 bridgehead atoms. The van der Waals surface area contributed by atoms with Crippen LogP contribution in [0.4, 0.5) is 11.4 Å². The van der Waals surface area contributed by atoms with E-state index < -0.39 is 17.9 Å². The molecule has 174 valence electrons. The smallest absolute Gasteiger partial charge is 0.354 e. The van der Waals surface area contributed by atoms with E-state index in [0.29, 0.717) is 16.4 Å². The number of para-hydroxylation sites is 2. The zero-order valence-corrected chi connectivity index (χ0v) is 19.2. The van der Waals surface area contributed by atoms with Gasteiger partial charge in [-0.2, -0.15) is 5.10 Å². The Balaban J connectivity index is 1.33. The number of carbonyl (C=O) groups is 3. The molecule has 0 aliphatic carbocycles. The molecule has 2 aromatic carbocycles. The van der Waals surface area contributed by atoms with Gasteiger partial charge in [-0.05, 0) is 30.7 Å². The van der Waals surface area contributed by atoms with E-state index in [1.54, 1.807) is 29.6 Å². The summed E-state index contributed by atoms with van der Waals surface area (Å²) < 4.78 is 5.35. The molecular formula is C24H23N5O4S. The van der Waals surface area contributed by atoms with Gasteiger partial charge in [-0.25, -0.2) is 9.78 Å². The number of thiazole rings is 1. The summed E-state index contributed by atoms with van der Waals surface area (Å²) in [6, 6.07) is 15.8. The maximum absolute atomic E-state index is 12.6. The van der Waals surface area contributed by atoms with Crippen LogP contribution in [0.2, 0.25) is 0 Å². The van der Waals surface area contributed by atoms with Crippen LogP contribution in [0.3, 0.4) is 0 Å². The molecule has 10 heteroatoms. The van der Waals surface area contributed by atoms with Crippen molar-refractivity contribution in [2.45, 2.75) is 32.4 Å². The zero-order chi connectivity index (χ0) is 24.1. The first-order valence-corrected chi connectivity index (χ1v) is 11.5. The lowest BCUT2D eigenvalue weighted by molar-refractivity contribution is -0.137. The van der Waals surface area contributed by atoms with E-state index >= 15 is 0 Å². The summed E-state index contributed by atoms with van der Waals surface area (Å²) >= 11 is 1.32. The monoisotopic (exact) mass is 477 g/mol. The molecule has 1 aromatic heterocycles. The standard InChI is InChI=1S/C24H23N5O4S/c1-15-7-5-6-10-18(15)27-21(30)12-22-26-16(14-34-22)13-33-24(32)19-11-20(23(25)31)29(28-19)17-8-3-2-4-9-17/h2-10,14,20H,11-13H2,1H3,(H2,25,31)(H,27,30). The Labute approximate surface area is 200 Å². The second kappa shape index (κ2) is 10.3. The Morgan fingerprint density at radius 3 is 2.62 bits per heavy atom. The first kappa shape index (κ1) is 23.1. The Kier molecular flexibility index (Phi) is 6.98. The maximum atomic E-state index is 12.6. The number of ether oxygens (including phenoxy) is 1. The summed E-state index contributed by atoms with van der Waals surface area (Å²) in [6.07, 6.45) is 0.177. The van der Waals surface area contributed by atoms with Gasteiger partial charge in [0.15, 0.2) is 0 Å². The summed E-state index contributed by atoms with van der Waals surface area (Å²) in [7, 11) is 0. The third-order valence-electron chi connectivity index (χ3n) is 5.18. The molecule has 3 aromatic rings. The molecule has 0 saturated carbocycles. The van der Waals surface area contributed by atoms with Crippen LogP contribution < -0.4 is 16.1 Å². The normalized spacial score (nSPS) is 15.0. The topological polar surface area (TPSA) is 127 Å². The molecule has 4 rings (SSSR count). The molecule has 1 atom stereocenters. The first-order valence-electron chi connectivity index (χ1n) is 10.6. The van der Waals surface area contributed by atoms with E-state index in [1.807, 2.05) is 37.3 Å². The highest BCUT2D eigenvalue weighted by atomic mass is 32.1. The SMILES string of the molecule is Cc1ccccc1NC(=O)Cc1nc(COC(=O)C2=NN(c3ccccc3)C(C(N)=O)C2)cs1. The van der Waals surface area contributed by atoms with E-state index in [1.165, 1.54) is 16.3 Å². The van der Waals surface area contributed by atoms with Crippen LogP contribution in [0, 0.1) is 6.92 Å². The minimum Gasteiger partial charge on any atom is -0.455 e. The van der Waals surface area contributed by atoms with Crippen LogP contribution in [0.15, 0.2) is 65.1 Å². The number of hydrazone groups is 1. The summed E-state index contributed by atoms with van der Waals surface area (Å²) in [4.78, 5) is 41.1. The number of hydrogen-bond acceptors (Lipinski definition) is 8. The molecule has 1 aliphatic rings. The minimum absolute atomic E-state index is 0.0600. The number of primary amides is 1. The van der Waals surface area contributed by atoms with E-state index in [4.69, 9.17) is 10.5 Å². The van der Waals surface area contributed by atoms with Crippen LogP contribution in [0.1, 0.15) is 22.7 Å². The van der Waals surface area contributed by atoms with Gasteiger partial charge in [0.2, 0.25) is 11.8 Å². The molecule has 2 heterocycles. The number of aryl methyl sites for hydroxylation is 1. The highest BCUT2D eigenvalue weighted by molar-refractivity contribution is 7.09. The average Bonchev–Trinajstić information content (AvgIpc) is 3.47. The van der Waals surface area contributed by atoms with Crippen LogP contribution >= 0.6 is 11.3 Å². The summed E-state index contributed by atoms with van der Waals surface area (Å²) in [6.45, 7) is 1.85. The second-order valence-electron chi connectivity index (χ2n) is 7.70. The van der Waals surface area contributed by atoms with Crippen molar-refractivity contribution >= 4 is 46.2 Å². The van der Waals surface area contributed by atoms with Crippen molar-refractivity contribution in [2.24, 2.45) is 10.8 Å². The number of rotatable bonds is 8. The van der Waals surface area contributed by atoms with Gasteiger partial charge in [0.05, 0.1) is 17.8 Å². The average molecular weight is 478 g/mol.